The first-order valence-electron chi connectivity index (χ1n) is 8.69. The molecule has 0 aliphatic rings. The van der Waals surface area contributed by atoms with Gasteiger partial charge in [-0.3, -0.25) is 13.9 Å². The van der Waals surface area contributed by atoms with Gasteiger partial charge in [0.25, 0.3) is 0 Å². The van der Waals surface area contributed by atoms with Crippen molar-refractivity contribution in [1.82, 2.24) is 14.5 Å². The van der Waals surface area contributed by atoms with E-state index in [1.165, 1.54) is 9.13 Å². The molecule has 28 heavy (non-hydrogen) atoms. The number of carbonyl (C=O) groups is 2. The van der Waals surface area contributed by atoms with Gasteiger partial charge in [-0.2, -0.15) is 0 Å². The number of benzene rings is 2. The maximum atomic E-state index is 12.4. The van der Waals surface area contributed by atoms with E-state index in [9.17, 15) is 14.4 Å². The minimum atomic E-state index is -0.341. The van der Waals surface area contributed by atoms with Gasteiger partial charge in [0.1, 0.15) is 6.54 Å². The van der Waals surface area contributed by atoms with E-state index in [4.69, 9.17) is 0 Å². The number of para-hydroxylation sites is 2. The van der Waals surface area contributed by atoms with Crippen LogP contribution < -0.4 is 21.6 Å². The summed E-state index contributed by atoms with van der Waals surface area (Å²) >= 11 is 0. The Kier molecular flexibility index (Phi) is 5.59. The normalized spacial score (nSPS) is 10.5. The lowest BCUT2D eigenvalue weighted by atomic mass is 10.2. The van der Waals surface area contributed by atoms with Gasteiger partial charge in [-0.15, -0.1) is 6.58 Å². The Hall–Kier alpha value is -3.81. The highest BCUT2D eigenvalue weighted by Crippen LogP contribution is 2.15. The van der Waals surface area contributed by atoms with E-state index in [0.29, 0.717) is 23.4 Å². The molecule has 8 heteroatoms. The molecule has 3 aromatic rings. The van der Waals surface area contributed by atoms with Gasteiger partial charge in [0, 0.05) is 25.0 Å². The molecule has 2 aromatic carbocycles. The van der Waals surface area contributed by atoms with Crippen LogP contribution in [0.3, 0.4) is 0 Å². The molecule has 3 rings (SSSR count). The molecule has 0 aliphatic carbocycles. The number of amides is 3. The molecular weight excluding hydrogens is 358 g/mol. The van der Waals surface area contributed by atoms with Gasteiger partial charge in [-0.25, -0.2) is 9.59 Å². The quantitative estimate of drug-likeness (QED) is 0.573. The number of imidazole rings is 1. The summed E-state index contributed by atoms with van der Waals surface area (Å²) < 4.78 is 2.95. The minimum Gasteiger partial charge on any atom is -0.334 e. The van der Waals surface area contributed by atoms with Crippen LogP contribution in [-0.4, -0.2) is 27.6 Å². The second-order valence-electron chi connectivity index (χ2n) is 6.17. The number of fused-ring (bicyclic) bond motifs is 1. The van der Waals surface area contributed by atoms with Gasteiger partial charge in [-0.05, 0) is 36.4 Å². The van der Waals surface area contributed by atoms with Gasteiger partial charge in [0.2, 0.25) is 5.91 Å². The van der Waals surface area contributed by atoms with Crippen molar-refractivity contribution in [3.63, 3.8) is 0 Å². The van der Waals surface area contributed by atoms with E-state index >= 15 is 0 Å². The average molecular weight is 379 g/mol. The lowest BCUT2D eigenvalue weighted by molar-refractivity contribution is -0.116. The predicted molar refractivity (Wildman–Crippen MR) is 109 cm³/mol. The molecule has 0 bridgehead atoms. The van der Waals surface area contributed by atoms with Gasteiger partial charge in [-0.1, -0.05) is 18.2 Å². The Bertz CT molecular complexity index is 1080. The van der Waals surface area contributed by atoms with Crippen molar-refractivity contribution in [2.45, 2.75) is 6.54 Å². The van der Waals surface area contributed by atoms with Crippen LogP contribution in [0.25, 0.3) is 11.0 Å². The lowest BCUT2D eigenvalue weighted by Crippen LogP contribution is -2.29. The second kappa shape index (κ2) is 8.26. The van der Waals surface area contributed by atoms with E-state index < -0.39 is 0 Å². The molecular formula is C20H21N5O3. The highest BCUT2D eigenvalue weighted by molar-refractivity contribution is 5.93. The second-order valence-corrected chi connectivity index (χ2v) is 6.17. The third-order valence-corrected chi connectivity index (χ3v) is 4.19. The molecule has 3 N–H and O–H groups in total. The van der Waals surface area contributed by atoms with Gasteiger partial charge in [0.05, 0.1) is 11.0 Å². The van der Waals surface area contributed by atoms with E-state index in [-0.39, 0.29) is 24.2 Å². The minimum absolute atomic E-state index is 0.0931. The van der Waals surface area contributed by atoms with Crippen LogP contribution in [0.5, 0.6) is 0 Å². The smallest absolute Gasteiger partial charge is 0.329 e. The molecule has 144 valence electrons. The molecule has 0 fully saturated rings. The Morgan fingerprint density at radius 1 is 1.00 bits per heavy atom. The fourth-order valence-electron chi connectivity index (χ4n) is 2.84. The fraction of sp³-hybridized carbons (Fsp3) is 0.150. The SMILES string of the molecule is C=CCNC(=O)Nc1ccc(NC(=O)Cn2c(=O)n(C)c3ccccc32)cc1. The maximum Gasteiger partial charge on any atom is 0.329 e. The standard InChI is InChI=1S/C20H21N5O3/c1-3-12-21-19(27)23-15-10-8-14(9-11-15)22-18(26)13-25-17-7-5-4-6-16(17)24(2)20(25)28/h3-11H,1,12-13H2,2H3,(H,22,26)(H2,21,23,27). The largest absolute Gasteiger partial charge is 0.334 e. The van der Waals surface area contributed by atoms with E-state index in [0.717, 1.165) is 5.52 Å². The van der Waals surface area contributed by atoms with Crippen LogP contribution in [0.4, 0.5) is 16.2 Å². The van der Waals surface area contributed by atoms with E-state index in [2.05, 4.69) is 22.5 Å². The Labute approximate surface area is 161 Å². The zero-order valence-corrected chi connectivity index (χ0v) is 15.4. The van der Waals surface area contributed by atoms with Crippen molar-refractivity contribution < 1.29 is 9.59 Å². The number of anilines is 2. The summed E-state index contributed by atoms with van der Waals surface area (Å²) in [5.41, 5.74) is 2.38. The average Bonchev–Trinajstić information content (AvgIpc) is 2.93. The van der Waals surface area contributed by atoms with Gasteiger partial charge in [0.15, 0.2) is 0 Å². The molecule has 8 nitrogen and oxygen atoms in total. The number of nitrogens with zero attached hydrogens (tertiary/aromatic N) is 2. The monoisotopic (exact) mass is 379 g/mol. The Morgan fingerprint density at radius 3 is 2.25 bits per heavy atom. The molecule has 1 heterocycles. The number of rotatable bonds is 6. The molecule has 0 saturated carbocycles. The van der Waals surface area contributed by atoms with Gasteiger partial charge < -0.3 is 16.0 Å². The number of aromatic nitrogens is 2. The molecule has 0 spiro atoms. The fourth-order valence-corrected chi connectivity index (χ4v) is 2.84. The Morgan fingerprint density at radius 2 is 1.61 bits per heavy atom. The third-order valence-electron chi connectivity index (χ3n) is 4.19. The number of carbonyl (C=O) groups excluding carboxylic acids is 2. The number of hydrogen-bond donors (Lipinski definition) is 3. The third kappa shape index (κ3) is 4.12. The summed E-state index contributed by atoms with van der Waals surface area (Å²) in [6, 6.07) is 13.7. The molecule has 0 unspecified atom stereocenters. The van der Waals surface area contributed by atoms with Crippen LogP contribution in [0.15, 0.2) is 66.0 Å². The van der Waals surface area contributed by atoms with E-state index in [1.807, 2.05) is 24.3 Å². The number of nitrogens with one attached hydrogen (secondary N) is 3. The van der Waals surface area contributed by atoms with Crippen LogP contribution in [-0.2, 0) is 18.4 Å². The van der Waals surface area contributed by atoms with Crippen molar-refractivity contribution in [2.75, 3.05) is 17.2 Å². The highest BCUT2D eigenvalue weighted by Gasteiger charge is 2.13. The molecule has 1 aromatic heterocycles. The summed E-state index contributed by atoms with van der Waals surface area (Å²) in [6.07, 6.45) is 1.58. The van der Waals surface area contributed by atoms with Gasteiger partial charge >= 0.3 is 11.7 Å². The van der Waals surface area contributed by atoms with Crippen LogP contribution in [0.2, 0.25) is 0 Å². The van der Waals surface area contributed by atoms with Crippen LogP contribution >= 0.6 is 0 Å². The molecule has 0 saturated heterocycles. The van der Waals surface area contributed by atoms with Crippen LogP contribution in [0.1, 0.15) is 0 Å². The first kappa shape index (κ1) is 19.0. The molecule has 0 aliphatic heterocycles. The zero-order chi connectivity index (χ0) is 20.1. The number of hydrogen-bond acceptors (Lipinski definition) is 3. The summed E-state index contributed by atoms with van der Waals surface area (Å²) in [6.45, 7) is 3.80. The summed E-state index contributed by atoms with van der Waals surface area (Å²) in [4.78, 5) is 36.4. The molecule has 0 atom stereocenters. The van der Waals surface area contributed by atoms with E-state index in [1.54, 1.807) is 37.4 Å². The Balaban J connectivity index is 1.66. The van der Waals surface area contributed by atoms with Crippen molar-refractivity contribution >= 4 is 34.3 Å². The zero-order valence-electron chi connectivity index (χ0n) is 15.4. The molecule has 3 amide bonds. The number of urea groups is 1. The summed E-state index contributed by atoms with van der Waals surface area (Å²) in [5, 5.41) is 8.03. The summed E-state index contributed by atoms with van der Waals surface area (Å²) in [5.74, 6) is -0.317. The number of aryl methyl sites for hydroxylation is 1. The van der Waals surface area contributed by atoms with Crippen molar-refractivity contribution in [1.29, 1.82) is 0 Å². The van der Waals surface area contributed by atoms with Crippen molar-refractivity contribution in [3.8, 4) is 0 Å². The van der Waals surface area contributed by atoms with Crippen molar-refractivity contribution in [3.05, 3.63) is 71.7 Å². The maximum absolute atomic E-state index is 12.4. The summed E-state index contributed by atoms with van der Waals surface area (Å²) in [7, 11) is 1.68. The predicted octanol–water partition coefficient (Wildman–Crippen LogP) is 2.29. The first-order chi connectivity index (χ1) is 13.5. The first-order valence-corrected chi connectivity index (χ1v) is 8.69. The van der Waals surface area contributed by atoms with Crippen LogP contribution in [0, 0.1) is 0 Å². The topological polar surface area (TPSA) is 97.2 Å². The molecule has 0 radical (unpaired) electrons. The lowest BCUT2D eigenvalue weighted by Gasteiger charge is -2.09. The van der Waals surface area contributed by atoms with Crippen molar-refractivity contribution in [2.24, 2.45) is 7.05 Å². The highest BCUT2D eigenvalue weighted by atomic mass is 16.2.